The van der Waals surface area contributed by atoms with Crippen molar-refractivity contribution in [3.8, 4) is 5.75 Å². The summed E-state index contributed by atoms with van der Waals surface area (Å²) in [6.45, 7) is 3.98. The number of rotatable bonds is 4. The Labute approximate surface area is 94.4 Å². The van der Waals surface area contributed by atoms with Crippen LogP contribution in [0.25, 0.3) is 0 Å². The summed E-state index contributed by atoms with van der Waals surface area (Å²) in [7, 11) is 1.34. The molecule has 1 rings (SSSR count). The maximum absolute atomic E-state index is 11.4. The third kappa shape index (κ3) is 3.13. The van der Waals surface area contributed by atoms with Gasteiger partial charge in [0.1, 0.15) is 5.75 Å². The molecule has 88 valence electrons. The van der Waals surface area contributed by atoms with Gasteiger partial charge in [0.15, 0.2) is 0 Å². The van der Waals surface area contributed by atoms with Crippen LogP contribution in [0, 0.1) is 0 Å². The average molecular weight is 224 g/mol. The third-order valence-electron chi connectivity index (χ3n) is 1.89. The van der Waals surface area contributed by atoms with Crippen molar-refractivity contribution < 1.29 is 14.7 Å². The summed E-state index contributed by atoms with van der Waals surface area (Å²) in [5.41, 5.74) is 3.09. The lowest BCUT2D eigenvalue weighted by molar-refractivity contribution is 0.0535. The molecule has 1 aromatic rings. The molecular weight excluding hydrogens is 208 g/mol. The first-order valence-corrected chi connectivity index (χ1v) is 4.97. The van der Waals surface area contributed by atoms with Crippen LogP contribution in [0.2, 0.25) is 0 Å². The SMILES string of the molecule is CONC(=O)c1ccc(NC(C)C)cc1O. The fraction of sp³-hybridized carbons (Fsp3) is 0.364. The summed E-state index contributed by atoms with van der Waals surface area (Å²) in [6, 6.07) is 5.03. The largest absolute Gasteiger partial charge is 0.507 e. The summed E-state index contributed by atoms with van der Waals surface area (Å²) < 4.78 is 0. The number of carbonyl (C=O) groups is 1. The third-order valence-corrected chi connectivity index (χ3v) is 1.89. The highest BCUT2D eigenvalue weighted by Crippen LogP contribution is 2.22. The van der Waals surface area contributed by atoms with E-state index in [1.165, 1.54) is 19.2 Å². The number of hydrogen-bond acceptors (Lipinski definition) is 4. The zero-order valence-corrected chi connectivity index (χ0v) is 9.57. The van der Waals surface area contributed by atoms with E-state index in [9.17, 15) is 9.90 Å². The fourth-order valence-electron chi connectivity index (χ4n) is 1.29. The van der Waals surface area contributed by atoms with Crippen molar-refractivity contribution in [2.45, 2.75) is 19.9 Å². The van der Waals surface area contributed by atoms with Gasteiger partial charge in [-0.15, -0.1) is 0 Å². The summed E-state index contributed by atoms with van der Waals surface area (Å²) in [5.74, 6) is -0.559. The van der Waals surface area contributed by atoms with E-state index in [1.54, 1.807) is 6.07 Å². The van der Waals surface area contributed by atoms with Gasteiger partial charge in [0.2, 0.25) is 0 Å². The second-order valence-electron chi connectivity index (χ2n) is 3.67. The Morgan fingerprint density at radius 2 is 2.12 bits per heavy atom. The number of hydrogen-bond donors (Lipinski definition) is 3. The highest BCUT2D eigenvalue weighted by Gasteiger charge is 2.11. The van der Waals surface area contributed by atoms with Crippen molar-refractivity contribution in [1.82, 2.24) is 5.48 Å². The van der Waals surface area contributed by atoms with E-state index in [2.05, 4.69) is 15.6 Å². The first-order valence-electron chi connectivity index (χ1n) is 4.97. The van der Waals surface area contributed by atoms with E-state index in [4.69, 9.17) is 0 Å². The van der Waals surface area contributed by atoms with Gasteiger partial charge < -0.3 is 10.4 Å². The van der Waals surface area contributed by atoms with Crippen molar-refractivity contribution >= 4 is 11.6 Å². The molecule has 0 heterocycles. The van der Waals surface area contributed by atoms with Crippen molar-refractivity contribution in [2.75, 3.05) is 12.4 Å². The Kier molecular flexibility index (Phi) is 4.13. The first-order chi connectivity index (χ1) is 7.54. The van der Waals surface area contributed by atoms with Gasteiger partial charge in [0.05, 0.1) is 12.7 Å². The Morgan fingerprint density at radius 1 is 1.44 bits per heavy atom. The highest BCUT2D eigenvalue weighted by molar-refractivity contribution is 5.96. The number of aromatic hydroxyl groups is 1. The van der Waals surface area contributed by atoms with E-state index in [0.717, 1.165) is 5.69 Å². The minimum atomic E-state index is -0.476. The summed E-state index contributed by atoms with van der Waals surface area (Å²) in [6.07, 6.45) is 0. The summed E-state index contributed by atoms with van der Waals surface area (Å²) in [5, 5.41) is 12.8. The van der Waals surface area contributed by atoms with Gasteiger partial charge in [-0.05, 0) is 26.0 Å². The monoisotopic (exact) mass is 224 g/mol. The van der Waals surface area contributed by atoms with Crippen molar-refractivity contribution in [2.24, 2.45) is 0 Å². The van der Waals surface area contributed by atoms with Crippen LogP contribution in [-0.4, -0.2) is 24.2 Å². The molecule has 0 aliphatic carbocycles. The molecule has 5 nitrogen and oxygen atoms in total. The Morgan fingerprint density at radius 3 is 2.62 bits per heavy atom. The van der Waals surface area contributed by atoms with E-state index in [1.807, 2.05) is 13.8 Å². The number of anilines is 1. The Bertz CT molecular complexity index is 377. The van der Waals surface area contributed by atoms with Crippen molar-refractivity contribution in [1.29, 1.82) is 0 Å². The second kappa shape index (κ2) is 5.37. The molecule has 3 N–H and O–H groups in total. The maximum atomic E-state index is 11.4. The lowest BCUT2D eigenvalue weighted by atomic mass is 10.1. The van der Waals surface area contributed by atoms with Gasteiger partial charge in [-0.1, -0.05) is 0 Å². The van der Waals surface area contributed by atoms with Crippen LogP contribution in [0.5, 0.6) is 5.75 Å². The van der Waals surface area contributed by atoms with Gasteiger partial charge in [-0.25, -0.2) is 5.48 Å². The van der Waals surface area contributed by atoms with Gasteiger partial charge in [-0.3, -0.25) is 9.63 Å². The Balaban J connectivity index is 2.87. The Hall–Kier alpha value is -1.75. The van der Waals surface area contributed by atoms with Crippen molar-refractivity contribution in [3.05, 3.63) is 23.8 Å². The molecule has 0 bridgehead atoms. The maximum Gasteiger partial charge on any atom is 0.278 e. The number of nitrogens with one attached hydrogen (secondary N) is 2. The molecule has 0 aromatic heterocycles. The van der Waals surface area contributed by atoms with Crippen molar-refractivity contribution in [3.63, 3.8) is 0 Å². The molecule has 1 aromatic carbocycles. The topological polar surface area (TPSA) is 70.6 Å². The van der Waals surface area contributed by atoms with Gasteiger partial charge in [-0.2, -0.15) is 0 Å². The molecule has 1 amide bonds. The molecule has 0 saturated carbocycles. The molecule has 0 atom stereocenters. The number of benzene rings is 1. The number of amides is 1. The van der Waals surface area contributed by atoms with Crippen LogP contribution < -0.4 is 10.8 Å². The summed E-state index contributed by atoms with van der Waals surface area (Å²) in [4.78, 5) is 15.9. The molecule has 0 saturated heterocycles. The molecule has 16 heavy (non-hydrogen) atoms. The van der Waals surface area contributed by atoms with E-state index >= 15 is 0 Å². The van der Waals surface area contributed by atoms with E-state index in [0.29, 0.717) is 0 Å². The zero-order chi connectivity index (χ0) is 12.1. The lowest BCUT2D eigenvalue weighted by Gasteiger charge is -2.11. The highest BCUT2D eigenvalue weighted by atomic mass is 16.6. The molecular formula is C11H16N2O3. The zero-order valence-electron chi connectivity index (χ0n) is 9.57. The van der Waals surface area contributed by atoms with Crippen LogP contribution in [0.4, 0.5) is 5.69 Å². The average Bonchev–Trinajstić information content (AvgIpc) is 2.16. The smallest absolute Gasteiger partial charge is 0.278 e. The normalized spacial score (nSPS) is 10.2. The molecule has 5 heteroatoms. The van der Waals surface area contributed by atoms with E-state index < -0.39 is 5.91 Å². The van der Waals surface area contributed by atoms with Crippen LogP contribution in [0.1, 0.15) is 24.2 Å². The fourth-order valence-corrected chi connectivity index (χ4v) is 1.29. The first kappa shape index (κ1) is 12.3. The van der Waals surface area contributed by atoms with Crippen LogP contribution in [0.15, 0.2) is 18.2 Å². The van der Waals surface area contributed by atoms with Gasteiger partial charge in [0.25, 0.3) is 5.91 Å². The van der Waals surface area contributed by atoms with Crippen LogP contribution in [-0.2, 0) is 4.84 Å². The number of hydroxylamine groups is 1. The minimum absolute atomic E-state index is 0.0831. The lowest BCUT2D eigenvalue weighted by Crippen LogP contribution is -2.21. The molecule has 0 spiro atoms. The molecule has 0 aliphatic rings. The van der Waals surface area contributed by atoms with Crippen LogP contribution >= 0.6 is 0 Å². The quantitative estimate of drug-likeness (QED) is 0.678. The number of carbonyl (C=O) groups excluding carboxylic acids is 1. The predicted octanol–water partition coefficient (Wildman–Crippen LogP) is 1.50. The second-order valence-corrected chi connectivity index (χ2v) is 3.67. The predicted molar refractivity (Wildman–Crippen MR) is 61.3 cm³/mol. The van der Waals surface area contributed by atoms with Gasteiger partial charge in [0, 0.05) is 17.8 Å². The molecule has 0 aliphatic heterocycles. The number of phenols is 1. The number of phenolic OH excluding ortho intramolecular Hbond substituents is 1. The van der Waals surface area contributed by atoms with Gasteiger partial charge >= 0.3 is 0 Å². The standard InChI is InChI=1S/C11H16N2O3/c1-7(2)12-8-4-5-9(10(14)6-8)11(15)13-16-3/h4-7,12,14H,1-3H3,(H,13,15). The summed E-state index contributed by atoms with van der Waals surface area (Å²) >= 11 is 0. The van der Waals surface area contributed by atoms with E-state index in [-0.39, 0.29) is 17.4 Å². The molecule has 0 radical (unpaired) electrons. The van der Waals surface area contributed by atoms with Crippen LogP contribution in [0.3, 0.4) is 0 Å². The molecule has 0 fully saturated rings. The molecule has 0 unspecified atom stereocenters. The minimum Gasteiger partial charge on any atom is -0.507 e.